The molecule has 2 rings (SSSR count). The second-order valence-corrected chi connectivity index (χ2v) is 3.56. The minimum absolute atomic E-state index is 0.178. The molecule has 0 aromatic heterocycles. The minimum Gasteiger partial charge on any atom is -0.311 e. The predicted molar refractivity (Wildman–Crippen MR) is 70.0 cm³/mol. The maximum absolute atomic E-state index is 12.4. The molecule has 0 amide bonds. The highest BCUT2D eigenvalue weighted by Crippen LogP contribution is 2.10. The molecule has 2 aromatic carbocycles. The van der Waals surface area contributed by atoms with Gasteiger partial charge in [-0.2, -0.15) is 0 Å². The summed E-state index contributed by atoms with van der Waals surface area (Å²) >= 11 is 0. The molecule has 0 radical (unpaired) electrons. The van der Waals surface area contributed by atoms with Crippen molar-refractivity contribution in [2.75, 3.05) is 11.6 Å². The standard InChI is InChI=1S/C8H11FN2.C6H5F/c1-2-11(10)8-5-3-7(9)4-6-8;7-6-4-2-1-3-5-6/h3-6H,2,10H2,1H3;1-5H. The molecule has 0 heterocycles. The summed E-state index contributed by atoms with van der Waals surface area (Å²) in [4.78, 5) is 0. The lowest BCUT2D eigenvalue weighted by molar-refractivity contribution is 0.627. The number of hydrogen-bond donors (Lipinski definition) is 1. The van der Waals surface area contributed by atoms with Crippen molar-refractivity contribution in [1.29, 1.82) is 0 Å². The predicted octanol–water partition coefficient (Wildman–Crippen LogP) is 3.35. The van der Waals surface area contributed by atoms with Crippen molar-refractivity contribution in [2.24, 2.45) is 5.84 Å². The van der Waals surface area contributed by atoms with Gasteiger partial charge in [-0.05, 0) is 43.3 Å². The summed E-state index contributed by atoms with van der Waals surface area (Å²) in [5, 5.41) is 1.56. The van der Waals surface area contributed by atoms with E-state index in [1.54, 1.807) is 35.3 Å². The number of halogens is 2. The van der Waals surface area contributed by atoms with Crippen LogP contribution in [0.25, 0.3) is 0 Å². The van der Waals surface area contributed by atoms with Gasteiger partial charge in [-0.25, -0.2) is 14.6 Å². The second kappa shape index (κ2) is 7.40. The normalized spacial score (nSPS) is 9.33. The summed E-state index contributed by atoms with van der Waals surface area (Å²) in [6.45, 7) is 2.65. The summed E-state index contributed by atoms with van der Waals surface area (Å²) in [6.07, 6.45) is 0. The first-order valence-electron chi connectivity index (χ1n) is 5.62. The topological polar surface area (TPSA) is 29.3 Å². The van der Waals surface area contributed by atoms with Crippen LogP contribution in [-0.4, -0.2) is 6.54 Å². The summed E-state index contributed by atoms with van der Waals surface area (Å²) in [5.41, 5.74) is 0.828. The molecule has 96 valence electrons. The number of benzene rings is 2. The number of anilines is 1. The van der Waals surface area contributed by atoms with Gasteiger partial charge in [0.1, 0.15) is 11.6 Å². The first-order valence-corrected chi connectivity index (χ1v) is 5.62. The van der Waals surface area contributed by atoms with E-state index in [0.29, 0.717) is 6.54 Å². The van der Waals surface area contributed by atoms with E-state index >= 15 is 0 Å². The number of hydrazine groups is 1. The van der Waals surface area contributed by atoms with Gasteiger partial charge in [-0.15, -0.1) is 0 Å². The zero-order chi connectivity index (χ0) is 13.4. The fraction of sp³-hybridized carbons (Fsp3) is 0.143. The zero-order valence-electron chi connectivity index (χ0n) is 10.2. The Morgan fingerprint density at radius 2 is 1.39 bits per heavy atom. The van der Waals surface area contributed by atoms with Gasteiger partial charge in [0, 0.05) is 6.54 Å². The monoisotopic (exact) mass is 250 g/mol. The molecule has 4 heteroatoms. The highest BCUT2D eigenvalue weighted by molar-refractivity contribution is 5.44. The fourth-order valence-electron chi connectivity index (χ4n) is 1.23. The number of hydrogen-bond acceptors (Lipinski definition) is 2. The van der Waals surface area contributed by atoms with Crippen LogP contribution in [0.5, 0.6) is 0 Å². The van der Waals surface area contributed by atoms with E-state index in [2.05, 4.69) is 0 Å². The SMILES string of the molecule is CCN(N)c1ccc(F)cc1.Fc1ccccc1. The van der Waals surface area contributed by atoms with Crippen LogP contribution in [0.4, 0.5) is 14.5 Å². The Kier molecular flexibility index (Phi) is 5.80. The molecular formula is C14H16F2N2. The maximum Gasteiger partial charge on any atom is 0.123 e. The van der Waals surface area contributed by atoms with Gasteiger partial charge in [-0.3, -0.25) is 0 Å². The molecule has 0 fully saturated rings. The van der Waals surface area contributed by atoms with Crippen LogP contribution in [0, 0.1) is 11.6 Å². The Morgan fingerprint density at radius 3 is 1.78 bits per heavy atom. The molecule has 0 aliphatic heterocycles. The van der Waals surface area contributed by atoms with Crippen molar-refractivity contribution in [3.63, 3.8) is 0 Å². The highest BCUT2D eigenvalue weighted by Gasteiger charge is 1.96. The average Bonchev–Trinajstić information content (AvgIpc) is 2.40. The second-order valence-electron chi connectivity index (χ2n) is 3.56. The van der Waals surface area contributed by atoms with E-state index in [0.717, 1.165) is 5.69 Å². The Morgan fingerprint density at radius 1 is 0.889 bits per heavy atom. The fourth-order valence-corrected chi connectivity index (χ4v) is 1.23. The molecule has 0 saturated carbocycles. The Labute approximate surface area is 106 Å². The van der Waals surface area contributed by atoms with E-state index in [1.807, 2.05) is 6.92 Å². The molecule has 2 aromatic rings. The Balaban J connectivity index is 0.000000199. The Hall–Kier alpha value is -1.94. The van der Waals surface area contributed by atoms with Crippen LogP contribution in [0.2, 0.25) is 0 Å². The molecule has 0 spiro atoms. The lowest BCUT2D eigenvalue weighted by atomic mass is 10.3. The molecule has 0 aliphatic rings. The highest BCUT2D eigenvalue weighted by atomic mass is 19.1. The minimum atomic E-state index is -0.238. The quantitative estimate of drug-likeness (QED) is 0.654. The van der Waals surface area contributed by atoms with Gasteiger partial charge >= 0.3 is 0 Å². The van der Waals surface area contributed by atoms with Gasteiger partial charge in [-0.1, -0.05) is 18.2 Å². The number of rotatable bonds is 2. The van der Waals surface area contributed by atoms with Crippen molar-refractivity contribution in [1.82, 2.24) is 0 Å². The van der Waals surface area contributed by atoms with Gasteiger partial charge in [0.15, 0.2) is 0 Å². The van der Waals surface area contributed by atoms with Crippen molar-refractivity contribution < 1.29 is 8.78 Å². The molecule has 18 heavy (non-hydrogen) atoms. The van der Waals surface area contributed by atoms with Gasteiger partial charge < -0.3 is 5.01 Å². The van der Waals surface area contributed by atoms with Gasteiger partial charge in [0.2, 0.25) is 0 Å². The molecule has 0 atom stereocenters. The van der Waals surface area contributed by atoms with E-state index in [4.69, 9.17) is 5.84 Å². The molecule has 2 N–H and O–H groups in total. The number of nitrogens with zero attached hydrogens (tertiary/aromatic N) is 1. The summed E-state index contributed by atoms with van der Waals surface area (Å²) < 4.78 is 24.3. The Bertz CT molecular complexity index is 443. The van der Waals surface area contributed by atoms with E-state index in [9.17, 15) is 8.78 Å². The lowest BCUT2D eigenvalue weighted by Gasteiger charge is -2.15. The van der Waals surface area contributed by atoms with E-state index in [1.165, 1.54) is 24.3 Å². The summed E-state index contributed by atoms with van der Waals surface area (Å²) in [5.74, 6) is 5.14. The van der Waals surface area contributed by atoms with Gasteiger partial charge in [0.05, 0.1) is 5.69 Å². The smallest absolute Gasteiger partial charge is 0.123 e. The van der Waals surface area contributed by atoms with E-state index in [-0.39, 0.29) is 11.6 Å². The largest absolute Gasteiger partial charge is 0.311 e. The lowest BCUT2D eigenvalue weighted by Crippen LogP contribution is -2.29. The van der Waals surface area contributed by atoms with E-state index < -0.39 is 0 Å². The van der Waals surface area contributed by atoms with Crippen LogP contribution >= 0.6 is 0 Å². The zero-order valence-corrected chi connectivity index (χ0v) is 10.2. The molecule has 0 saturated heterocycles. The number of nitrogens with two attached hydrogens (primary N) is 1. The third-order valence-corrected chi connectivity index (χ3v) is 2.23. The third kappa shape index (κ3) is 4.93. The summed E-state index contributed by atoms with van der Waals surface area (Å²) in [7, 11) is 0. The first kappa shape index (κ1) is 14.1. The average molecular weight is 250 g/mol. The molecule has 2 nitrogen and oxygen atoms in total. The molecule has 0 unspecified atom stereocenters. The van der Waals surface area contributed by atoms with Gasteiger partial charge in [0.25, 0.3) is 0 Å². The summed E-state index contributed by atoms with van der Waals surface area (Å²) in [6, 6.07) is 14.0. The van der Waals surface area contributed by atoms with Crippen molar-refractivity contribution >= 4 is 5.69 Å². The molecule has 0 aliphatic carbocycles. The van der Waals surface area contributed by atoms with Crippen LogP contribution in [0.3, 0.4) is 0 Å². The van der Waals surface area contributed by atoms with Crippen LogP contribution < -0.4 is 10.9 Å². The van der Waals surface area contributed by atoms with Crippen molar-refractivity contribution in [3.8, 4) is 0 Å². The maximum atomic E-state index is 12.4. The molecule has 0 bridgehead atoms. The van der Waals surface area contributed by atoms with Crippen LogP contribution in [-0.2, 0) is 0 Å². The van der Waals surface area contributed by atoms with Crippen molar-refractivity contribution in [3.05, 3.63) is 66.2 Å². The van der Waals surface area contributed by atoms with Crippen LogP contribution in [0.1, 0.15) is 6.92 Å². The third-order valence-electron chi connectivity index (χ3n) is 2.23. The van der Waals surface area contributed by atoms with Crippen molar-refractivity contribution in [2.45, 2.75) is 6.92 Å². The molecular weight excluding hydrogens is 234 g/mol. The van der Waals surface area contributed by atoms with Crippen LogP contribution in [0.15, 0.2) is 54.6 Å². The first-order chi connectivity index (χ1) is 8.63.